The van der Waals surface area contributed by atoms with Crippen LogP contribution in [0.5, 0.6) is 0 Å². The summed E-state index contributed by atoms with van der Waals surface area (Å²) in [6, 6.07) is 9.75. The first kappa shape index (κ1) is 12.0. The van der Waals surface area contributed by atoms with Crippen LogP contribution in [0.2, 0.25) is 0 Å². The van der Waals surface area contributed by atoms with E-state index in [0.717, 1.165) is 9.14 Å². The summed E-state index contributed by atoms with van der Waals surface area (Å²) >= 11 is 4.14. The second-order valence-electron chi connectivity index (χ2n) is 2.49. The van der Waals surface area contributed by atoms with E-state index < -0.39 is 0 Å². The maximum absolute atomic E-state index is 11.2. The molecule has 14 heavy (non-hydrogen) atoms. The topological polar surface area (TPSA) is 26.3 Å². The first-order valence-electron chi connectivity index (χ1n) is 3.86. The van der Waals surface area contributed by atoms with Gasteiger partial charge in [-0.2, -0.15) is 0 Å². The molecule has 0 aliphatic rings. The van der Waals surface area contributed by atoms with Gasteiger partial charge in [0, 0.05) is 3.58 Å². The fourth-order valence-corrected chi connectivity index (χ4v) is 2.00. The molecule has 0 unspecified atom stereocenters. The normalized spacial score (nSPS) is 11.9. The summed E-state index contributed by atoms with van der Waals surface area (Å²) in [5, 5.41) is 0. The highest BCUT2D eigenvalue weighted by molar-refractivity contribution is 14.1. The van der Waals surface area contributed by atoms with E-state index in [2.05, 4.69) is 27.3 Å². The number of halogens is 2. The fourth-order valence-electron chi connectivity index (χ4n) is 0.890. The summed E-state index contributed by atoms with van der Waals surface area (Å²) in [5.41, 5.74) is 1.03. The van der Waals surface area contributed by atoms with Gasteiger partial charge in [0.1, 0.15) is 3.58 Å². The van der Waals surface area contributed by atoms with Crippen molar-refractivity contribution in [2.45, 2.75) is 0 Å². The number of rotatable bonds is 2. The van der Waals surface area contributed by atoms with Gasteiger partial charge in [0.25, 0.3) is 0 Å². The summed E-state index contributed by atoms with van der Waals surface area (Å²) in [6.45, 7) is 0. The Morgan fingerprint density at radius 2 is 1.79 bits per heavy atom. The smallest absolute Gasteiger partial charge is 0.345 e. The zero-order valence-electron chi connectivity index (χ0n) is 7.46. The summed E-state index contributed by atoms with van der Waals surface area (Å²) < 4.78 is 6.17. The van der Waals surface area contributed by atoms with Gasteiger partial charge in [0.15, 0.2) is 0 Å². The van der Waals surface area contributed by atoms with Crippen LogP contribution in [0.25, 0.3) is 3.58 Å². The number of carbonyl (C=O) groups is 1. The lowest BCUT2D eigenvalue weighted by molar-refractivity contribution is -0.134. The molecule has 1 aromatic carbocycles. The zero-order valence-corrected chi connectivity index (χ0v) is 11.8. The third-order valence-corrected chi connectivity index (χ3v) is 4.76. The molecule has 0 aromatic heterocycles. The van der Waals surface area contributed by atoms with Gasteiger partial charge in [-0.25, -0.2) is 4.79 Å². The highest BCUT2D eigenvalue weighted by Crippen LogP contribution is 2.29. The predicted octanol–water partition coefficient (Wildman–Crippen LogP) is 3.40. The number of esters is 1. The van der Waals surface area contributed by atoms with E-state index in [4.69, 9.17) is 0 Å². The van der Waals surface area contributed by atoms with Crippen molar-refractivity contribution in [1.29, 1.82) is 0 Å². The van der Waals surface area contributed by atoms with E-state index in [1.807, 2.05) is 52.9 Å². The van der Waals surface area contributed by atoms with Crippen molar-refractivity contribution < 1.29 is 9.53 Å². The average molecular weight is 414 g/mol. The minimum absolute atomic E-state index is 0.293. The monoisotopic (exact) mass is 414 g/mol. The lowest BCUT2D eigenvalue weighted by Crippen LogP contribution is -2.00. The van der Waals surface area contributed by atoms with Gasteiger partial charge < -0.3 is 4.74 Å². The van der Waals surface area contributed by atoms with E-state index in [0.29, 0.717) is 3.58 Å². The molecular weight excluding hydrogens is 406 g/mol. The number of carbonyl (C=O) groups excluding carboxylic acids is 1. The summed E-state index contributed by atoms with van der Waals surface area (Å²) in [7, 11) is 1.38. The second kappa shape index (κ2) is 5.69. The molecule has 0 saturated heterocycles. The van der Waals surface area contributed by atoms with Crippen molar-refractivity contribution in [3.8, 4) is 0 Å². The minimum atomic E-state index is -0.293. The van der Waals surface area contributed by atoms with E-state index in [9.17, 15) is 4.79 Å². The molecule has 0 bridgehead atoms. The van der Waals surface area contributed by atoms with Crippen LogP contribution >= 0.6 is 45.2 Å². The molecule has 2 nitrogen and oxygen atoms in total. The number of methoxy groups -OCH3 is 1. The SMILES string of the molecule is COC(=O)C(I)=C(I)c1ccccc1. The van der Waals surface area contributed by atoms with Gasteiger partial charge >= 0.3 is 5.97 Å². The van der Waals surface area contributed by atoms with Crippen LogP contribution in [0.1, 0.15) is 5.56 Å². The zero-order chi connectivity index (χ0) is 10.6. The van der Waals surface area contributed by atoms with Gasteiger partial charge in [0.2, 0.25) is 0 Å². The molecule has 0 fully saturated rings. The quantitative estimate of drug-likeness (QED) is 0.422. The molecule has 4 heteroatoms. The van der Waals surface area contributed by atoms with Gasteiger partial charge in [-0.05, 0) is 50.7 Å². The van der Waals surface area contributed by atoms with Gasteiger partial charge in [-0.15, -0.1) is 0 Å². The molecule has 0 atom stereocenters. The Labute approximate surface area is 110 Å². The van der Waals surface area contributed by atoms with E-state index in [1.54, 1.807) is 0 Å². The molecule has 74 valence electrons. The van der Waals surface area contributed by atoms with Gasteiger partial charge in [0.05, 0.1) is 7.11 Å². The van der Waals surface area contributed by atoms with E-state index in [-0.39, 0.29) is 5.97 Å². The van der Waals surface area contributed by atoms with Crippen LogP contribution in [0.15, 0.2) is 33.9 Å². The van der Waals surface area contributed by atoms with Crippen molar-refractivity contribution in [1.82, 2.24) is 0 Å². The number of hydrogen-bond acceptors (Lipinski definition) is 2. The Hall–Kier alpha value is -0.110. The van der Waals surface area contributed by atoms with Crippen LogP contribution in [-0.2, 0) is 9.53 Å². The van der Waals surface area contributed by atoms with Gasteiger partial charge in [-0.1, -0.05) is 30.3 Å². The van der Waals surface area contributed by atoms with Crippen LogP contribution in [-0.4, -0.2) is 13.1 Å². The van der Waals surface area contributed by atoms with Crippen molar-refractivity contribution in [3.05, 3.63) is 39.5 Å². The molecule has 0 radical (unpaired) electrons. The van der Waals surface area contributed by atoms with Crippen LogP contribution < -0.4 is 0 Å². The Bertz CT molecular complexity index is 358. The lowest BCUT2D eigenvalue weighted by Gasteiger charge is -2.02. The van der Waals surface area contributed by atoms with E-state index in [1.165, 1.54) is 7.11 Å². The summed E-state index contributed by atoms with van der Waals surface area (Å²) in [6.07, 6.45) is 0. The largest absolute Gasteiger partial charge is 0.465 e. The molecule has 0 aliphatic heterocycles. The number of benzene rings is 1. The maximum atomic E-state index is 11.2. The molecule has 0 spiro atoms. The molecule has 0 amide bonds. The first-order chi connectivity index (χ1) is 6.66. The van der Waals surface area contributed by atoms with Crippen molar-refractivity contribution in [3.63, 3.8) is 0 Å². The van der Waals surface area contributed by atoms with Crippen molar-refractivity contribution >= 4 is 54.7 Å². The van der Waals surface area contributed by atoms with Crippen molar-refractivity contribution in [2.75, 3.05) is 7.11 Å². The Kier molecular flexibility index (Phi) is 4.86. The second-order valence-corrected chi connectivity index (χ2v) is 4.64. The third kappa shape index (κ3) is 2.94. The number of hydrogen-bond donors (Lipinski definition) is 0. The molecule has 0 saturated carbocycles. The molecule has 1 rings (SSSR count). The highest BCUT2D eigenvalue weighted by atomic mass is 127. The van der Waals surface area contributed by atoms with Crippen LogP contribution in [0.4, 0.5) is 0 Å². The minimum Gasteiger partial charge on any atom is -0.465 e. The lowest BCUT2D eigenvalue weighted by atomic mass is 10.2. The Balaban J connectivity index is 3.05. The average Bonchev–Trinajstić information content (AvgIpc) is 2.27. The van der Waals surface area contributed by atoms with E-state index >= 15 is 0 Å². The molecule has 1 aromatic rings. The fraction of sp³-hybridized carbons (Fsp3) is 0.100. The molecule has 0 N–H and O–H groups in total. The summed E-state index contributed by atoms with van der Waals surface area (Å²) in [4.78, 5) is 11.2. The Morgan fingerprint density at radius 3 is 2.29 bits per heavy atom. The molecular formula is C10H8I2O2. The number of ether oxygens (including phenoxy) is 1. The standard InChI is InChI=1S/C10H8I2O2/c1-14-10(13)9(12)8(11)7-5-3-2-4-6-7/h2-6H,1H3. The predicted molar refractivity (Wildman–Crippen MR) is 73.4 cm³/mol. The van der Waals surface area contributed by atoms with Crippen LogP contribution in [0.3, 0.4) is 0 Å². The third-order valence-electron chi connectivity index (χ3n) is 1.58. The first-order valence-corrected chi connectivity index (χ1v) is 6.01. The van der Waals surface area contributed by atoms with Gasteiger partial charge in [-0.3, -0.25) is 0 Å². The maximum Gasteiger partial charge on any atom is 0.345 e. The molecule has 0 aliphatic carbocycles. The van der Waals surface area contributed by atoms with Crippen molar-refractivity contribution in [2.24, 2.45) is 0 Å². The highest BCUT2D eigenvalue weighted by Gasteiger charge is 2.11. The molecule has 0 heterocycles. The summed E-state index contributed by atoms with van der Waals surface area (Å²) in [5.74, 6) is -0.293. The van der Waals surface area contributed by atoms with Crippen LogP contribution in [0, 0.1) is 0 Å². The Morgan fingerprint density at radius 1 is 1.21 bits per heavy atom.